The molecule has 0 unspecified atom stereocenters. The molecule has 0 bridgehead atoms. The van der Waals surface area contributed by atoms with Crippen LogP contribution in [-0.4, -0.2) is 15.8 Å². The maximum atomic E-state index is 13.4. The molecule has 1 aromatic heterocycles. The van der Waals surface area contributed by atoms with E-state index >= 15 is 0 Å². The average Bonchev–Trinajstić information content (AvgIpc) is 2.63. The molecule has 0 fully saturated rings. The van der Waals surface area contributed by atoms with Gasteiger partial charge in [0.05, 0.1) is 5.57 Å². The van der Waals surface area contributed by atoms with E-state index in [2.05, 4.69) is 15.6 Å². The molecule has 0 amide bonds. The van der Waals surface area contributed by atoms with Crippen molar-refractivity contribution < 1.29 is 13.6 Å². The zero-order valence-electron chi connectivity index (χ0n) is 14.4. The minimum absolute atomic E-state index is 0.0851. The average molecular weight is 388 g/mol. The monoisotopic (exact) mass is 388 g/mol. The van der Waals surface area contributed by atoms with Crippen LogP contribution in [0.15, 0.2) is 47.8 Å². The Morgan fingerprint density at radius 3 is 2.74 bits per heavy atom. The summed E-state index contributed by atoms with van der Waals surface area (Å²) in [6, 6.07) is 6.94. The zero-order chi connectivity index (χ0) is 19.4. The first-order valence-electron chi connectivity index (χ1n) is 8.41. The van der Waals surface area contributed by atoms with Crippen LogP contribution < -0.4 is 16.4 Å². The Balaban J connectivity index is 1.79. The van der Waals surface area contributed by atoms with E-state index in [-0.39, 0.29) is 16.5 Å². The number of Topliss-reactive ketones (excluding diaryl/α,β-unsaturated/α-hetero) is 1. The number of rotatable bonds is 5. The molecule has 0 radical (unpaired) electrons. The lowest BCUT2D eigenvalue weighted by Gasteiger charge is -2.22. The number of carbonyl (C=O) groups is 1. The van der Waals surface area contributed by atoms with Crippen molar-refractivity contribution in [3.05, 3.63) is 65.0 Å². The van der Waals surface area contributed by atoms with Crippen LogP contribution in [0, 0.1) is 11.6 Å². The highest BCUT2D eigenvalue weighted by molar-refractivity contribution is 7.81. The molecule has 8 heteroatoms. The molecular formula is C19H18F2N4OS. The van der Waals surface area contributed by atoms with Crippen LogP contribution in [0.5, 0.6) is 0 Å². The fourth-order valence-corrected chi connectivity index (χ4v) is 3.22. The van der Waals surface area contributed by atoms with Crippen LogP contribution in [0.1, 0.15) is 24.8 Å². The van der Waals surface area contributed by atoms with Gasteiger partial charge in [-0.05, 0) is 42.7 Å². The lowest BCUT2D eigenvalue weighted by molar-refractivity contribution is -0.115. The van der Waals surface area contributed by atoms with E-state index in [1.165, 1.54) is 6.07 Å². The SMILES string of the molecule is Nc1cc(CNC2=C(C(=S)Nc3ccc(F)c(F)c3)C(=O)CCC2)ccn1. The largest absolute Gasteiger partial charge is 0.384 e. The summed E-state index contributed by atoms with van der Waals surface area (Å²) in [4.78, 5) is 16.6. The number of nitrogen functional groups attached to an aromatic ring is 1. The molecule has 1 aromatic carbocycles. The standard InChI is InChI=1S/C19H18F2N4OS/c20-13-5-4-12(9-14(13)21)25-19(27)18-15(2-1-3-16(18)26)24-10-11-6-7-23-17(22)8-11/h4-9,24H,1-3,10H2,(H2,22,23)(H,25,27). The summed E-state index contributed by atoms with van der Waals surface area (Å²) in [5.41, 5.74) is 7.99. The van der Waals surface area contributed by atoms with Gasteiger partial charge in [-0.2, -0.15) is 0 Å². The van der Waals surface area contributed by atoms with Gasteiger partial charge in [0, 0.05) is 36.6 Å². The summed E-state index contributed by atoms with van der Waals surface area (Å²) in [5, 5.41) is 6.07. The van der Waals surface area contributed by atoms with Gasteiger partial charge >= 0.3 is 0 Å². The molecule has 1 heterocycles. The summed E-state index contributed by atoms with van der Waals surface area (Å²) in [6.07, 6.45) is 3.39. The highest BCUT2D eigenvalue weighted by Gasteiger charge is 2.24. The van der Waals surface area contributed by atoms with Crippen molar-refractivity contribution in [3.63, 3.8) is 0 Å². The van der Waals surface area contributed by atoms with Gasteiger partial charge < -0.3 is 16.4 Å². The van der Waals surface area contributed by atoms with E-state index < -0.39 is 11.6 Å². The number of nitrogens with two attached hydrogens (primary N) is 1. The lowest BCUT2D eigenvalue weighted by Crippen LogP contribution is -2.28. The Morgan fingerprint density at radius 1 is 1.19 bits per heavy atom. The maximum absolute atomic E-state index is 13.4. The summed E-state index contributed by atoms with van der Waals surface area (Å²) in [6.45, 7) is 0.465. The number of anilines is 2. The normalized spacial score (nSPS) is 14.2. The highest BCUT2D eigenvalue weighted by atomic mass is 32.1. The number of ketones is 1. The van der Waals surface area contributed by atoms with Gasteiger partial charge in [-0.15, -0.1) is 0 Å². The number of thiocarbonyl (C=S) groups is 1. The first-order valence-corrected chi connectivity index (χ1v) is 8.82. The van der Waals surface area contributed by atoms with Gasteiger partial charge in [-0.1, -0.05) is 12.2 Å². The van der Waals surface area contributed by atoms with Gasteiger partial charge in [-0.3, -0.25) is 4.79 Å². The number of hydrogen-bond donors (Lipinski definition) is 3. The third-order valence-electron chi connectivity index (χ3n) is 4.17. The van der Waals surface area contributed by atoms with E-state index in [9.17, 15) is 13.6 Å². The first kappa shape index (κ1) is 18.9. The van der Waals surface area contributed by atoms with Crippen LogP contribution >= 0.6 is 12.2 Å². The van der Waals surface area contributed by atoms with E-state index in [4.69, 9.17) is 18.0 Å². The molecule has 0 spiro atoms. The minimum atomic E-state index is -0.986. The second-order valence-corrected chi connectivity index (χ2v) is 6.56. The smallest absolute Gasteiger partial charge is 0.167 e. The molecule has 0 atom stereocenters. The van der Waals surface area contributed by atoms with Crippen LogP contribution in [0.25, 0.3) is 0 Å². The third-order valence-corrected chi connectivity index (χ3v) is 4.47. The van der Waals surface area contributed by atoms with Crippen molar-refractivity contribution in [1.82, 2.24) is 10.3 Å². The van der Waals surface area contributed by atoms with Crippen molar-refractivity contribution in [3.8, 4) is 0 Å². The molecule has 1 aliphatic carbocycles. The maximum Gasteiger partial charge on any atom is 0.167 e. The molecule has 27 heavy (non-hydrogen) atoms. The van der Waals surface area contributed by atoms with Gasteiger partial charge in [0.25, 0.3) is 0 Å². The van der Waals surface area contributed by atoms with Gasteiger partial charge in [-0.25, -0.2) is 13.8 Å². The molecule has 0 saturated heterocycles. The molecule has 3 rings (SSSR count). The minimum Gasteiger partial charge on any atom is -0.384 e. The second-order valence-electron chi connectivity index (χ2n) is 6.16. The van der Waals surface area contributed by atoms with Crippen LogP contribution in [-0.2, 0) is 11.3 Å². The topological polar surface area (TPSA) is 80.0 Å². The summed E-state index contributed by atoms with van der Waals surface area (Å²) >= 11 is 5.36. The van der Waals surface area contributed by atoms with Gasteiger partial charge in [0.2, 0.25) is 0 Å². The highest BCUT2D eigenvalue weighted by Crippen LogP contribution is 2.23. The van der Waals surface area contributed by atoms with E-state index in [0.29, 0.717) is 30.8 Å². The summed E-state index contributed by atoms with van der Waals surface area (Å²) in [5.74, 6) is -1.60. The predicted molar refractivity (Wildman–Crippen MR) is 104 cm³/mol. The van der Waals surface area contributed by atoms with E-state index in [1.54, 1.807) is 12.3 Å². The molecule has 140 valence electrons. The Kier molecular flexibility index (Phi) is 5.75. The quantitative estimate of drug-likeness (QED) is 0.681. The molecule has 1 aliphatic rings. The summed E-state index contributed by atoms with van der Waals surface area (Å²) in [7, 11) is 0. The molecule has 0 aliphatic heterocycles. The van der Waals surface area contributed by atoms with Crippen molar-refractivity contribution >= 4 is 34.5 Å². The third kappa shape index (κ3) is 4.65. The number of allylic oxidation sites excluding steroid dienone is 1. The first-order chi connectivity index (χ1) is 12.9. The number of benzene rings is 1. The Hall–Kier alpha value is -2.87. The van der Waals surface area contributed by atoms with Crippen LogP contribution in [0.3, 0.4) is 0 Å². The molecule has 0 saturated carbocycles. The van der Waals surface area contributed by atoms with Crippen LogP contribution in [0.2, 0.25) is 0 Å². The van der Waals surface area contributed by atoms with Gasteiger partial charge in [0.15, 0.2) is 17.4 Å². The fourth-order valence-electron chi connectivity index (χ4n) is 2.87. The molecule has 5 nitrogen and oxygen atoms in total. The number of hydrogen-bond acceptors (Lipinski definition) is 5. The number of carbonyl (C=O) groups excluding carboxylic acids is 1. The van der Waals surface area contributed by atoms with Gasteiger partial charge in [0.1, 0.15) is 10.8 Å². The van der Waals surface area contributed by atoms with Crippen molar-refractivity contribution in [2.24, 2.45) is 0 Å². The van der Waals surface area contributed by atoms with E-state index in [0.717, 1.165) is 29.8 Å². The fraction of sp³-hybridized carbons (Fsp3) is 0.211. The van der Waals surface area contributed by atoms with Crippen molar-refractivity contribution in [2.75, 3.05) is 11.1 Å². The van der Waals surface area contributed by atoms with E-state index in [1.807, 2.05) is 6.07 Å². The molecule has 4 N–H and O–H groups in total. The zero-order valence-corrected chi connectivity index (χ0v) is 15.2. The summed E-state index contributed by atoms with van der Waals surface area (Å²) < 4.78 is 26.5. The Morgan fingerprint density at radius 2 is 2.00 bits per heavy atom. The number of halogens is 2. The predicted octanol–water partition coefficient (Wildman–Crippen LogP) is 3.48. The Labute approximate surface area is 160 Å². The lowest BCUT2D eigenvalue weighted by atomic mass is 9.94. The number of nitrogens with zero attached hydrogens (tertiary/aromatic N) is 1. The van der Waals surface area contributed by atoms with Crippen LogP contribution in [0.4, 0.5) is 20.3 Å². The number of aromatic nitrogens is 1. The second kappa shape index (κ2) is 8.22. The Bertz CT molecular complexity index is 930. The van der Waals surface area contributed by atoms with Crippen molar-refractivity contribution in [1.29, 1.82) is 0 Å². The molecule has 2 aromatic rings. The van der Waals surface area contributed by atoms with Crippen molar-refractivity contribution in [2.45, 2.75) is 25.8 Å². The number of pyridine rings is 1. The molecular weight excluding hydrogens is 370 g/mol. The number of nitrogens with one attached hydrogen (secondary N) is 2.